The standard InChI is InChI=1S/C4H10Si/c1-3-4-5-2/h3-4H,5H2,1-2H3/b4-3+. The zero-order valence-electron chi connectivity index (χ0n) is 3.86. The number of allylic oxidation sites excluding steroid dienone is 1. The first-order valence-electron chi connectivity index (χ1n) is 2.03. The minimum Gasteiger partial charge on any atom is -0.106 e. The molecule has 0 amide bonds. The Labute approximate surface area is 35.7 Å². The van der Waals surface area contributed by atoms with Gasteiger partial charge in [0, 0.05) is 9.52 Å². The van der Waals surface area contributed by atoms with Crippen molar-refractivity contribution >= 4 is 9.52 Å². The molecule has 0 saturated carbocycles. The second-order valence-electron chi connectivity index (χ2n) is 0.977. The molecule has 0 nitrogen and oxygen atoms in total. The quantitative estimate of drug-likeness (QED) is 0.413. The predicted octanol–water partition coefficient (Wildman–Crippen LogP) is 0.737. The number of hydrogen-bond acceptors (Lipinski definition) is 0. The molecular weight excluding hydrogens is 76.1 g/mol. The molecule has 1 heteroatoms. The van der Waals surface area contributed by atoms with Gasteiger partial charge in [-0.25, -0.2) is 0 Å². The Morgan fingerprint density at radius 2 is 2.20 bits per heavy atom. The molecule has 0 aromatic carbocycles. The predicted molar refractivity (Wildman–Crippen MR) is 29.2 cm³/mol. The highest BCUT2D eigenvalue weighted by Gasteiger charge is 1.54. The molecule has 0 rings (SSSR count). The van der Waals surface area contributed by atoms with Crippen LogP contribution in [0.15, 0.2) is 11.8 Å². The van der Waals surface area contributed by atoms with Crippen LogP contribution in [0.2, 0.25) is 6.55 Å². The maximum absolute atomic E-state index is 2.26. The maximum atomic E-state index is 2.26. The summed E-state index contributed by atoms with van der Waals surface area (Å²) in [6.07, 6.45) is 2.12. The molecule has 0 aliphatic carbocycles. The molecule has 0 heterocycles. The first kappa shape index (κ1) is 4.96. The first-order chi connectivity index (χ1) is 2.41. The molecule has 0 saturated heterocycles. The van der Waals surface area contributed by atoms with E-state index >= 15 is 0 Å². The second kappa shape index (κ2) is 3.96. The lowest BCUT2D eigenvalue weighted by molar-refractivity contribution is 1.78. The molecule has 0 fully saturated rings. The van der Waals surface area contributed by atoms with E-state index in [1.54, 1.807) is 0 Å². The molecule has 0 bridgehead atoms. The lowest BCUT2D eigenvalue weighted by atomic mass is 10.8. The van der Waals surface area contributed by atoms with Gasteiger partial charge in [-0.1, -0.05) is 12.6 Å². The van der Waals surface area contributed by atoms with Gasteiger partial charge in [0.15, 0.2) is 0 Å². The van der Waals surface area contributed by atoms with E-state index in [4.69, 9.17) is 0 Å². The van der Waals surface area contributed by atoms with Crippen LogP contribution in [-0.2, 0) is 0 Å². The summed E-state index contributed by atoms with van der Waals surface area (Å²) in [6, 6.07) is 0. The highest BCUT2D eigenvalue weighted by molar-refractivity contribution is 6.40. The average molecular weight is 86.2 g/mol. The Morgan fingerprint density at radius 3 is 2.20 bits per heavy atom. The van der Waals surface area contributed by atoms with E-state index < -0.39 is 0 Å². The van der Waals surface area contributed by atoms with E-state index in [2.05, 4.69) is 25.2 Å². The van der Waals surface area contributed by atoms with Crippen LogP contribution in [0.3, 0.4) is 0 Å². The second-order valence-corrected chi connectivity index (χ2v) is 2.27. The minimum absolute atomic E-state index is 0.233. The van der Waals surface area contributed by atoms with Crippen LogP contribution in [0.1, 0.15) is 6.92 Å². The van der Waals surface area contributed by atoms with Gasteiger partial charge < -0.3 is 0 Å². The average Bonchev–Trinajstić information content (AvgIpc) is 1.41. The molecule has 0 aliphatic heterocycles. The Bertz CT molecular complexity index is 30.6. The topological polar surface area (TPSA) is 0 Å². The molecule has 0 atom stereocenters. The molecule has 5 heavy (non-hydrogen) atoms. The van der Waals surface area contributed by atoms with Gasteiger partial charge in [0.05, 0.1) is 0 Å². The van der Waals surface area contributed by atoms with Crippen molar-refractivity contribution in [3.8, 4) is 0 Å². The van der Waals surface area contributed by atoms with Gasteiger partial charge in [0.25, 0.3) is 0 Å². The van der Waals surface area contributed by atoms with Crippen LogP contribution < -0.4 is 0 Å². The summed E-state index contributed by atoms with van der Waals surface area (Å²) in [7, 11) is 0.233. The van der Waals surface area contributed by atoms with E-state index in [1.165, 1.54) is 0 Å². The van der Waals surface area contributed by atoms with Crippen LogP contribution in [0, 0.1) is 0 Å². The Balaban J connectivity index is 2.62. The van der Waals surface area contributed by atoms with Crippen molar-refractivity contribution in [2.75, 3.05) is 0 Å². The molecule has 0 aliphatic rings. The van der Waals surface area contributed by atoms with Crippen LogP contribution in [0.4, 0.5) is 0 Å². The highest BCUT2D eigenvalue weighted by Crippen LogP contribution is 1.60. The summed E-state index contributed by atoms with van der Waals surface area (Å²) in [5, 5.41) is 0. The van der Waals surface area contributed by atoms with Crippen molar-refractivity contribution in [2.24, 2.45) is 0 Å². The Morgan fingerprint density at radius 1 is 1.60 bits per heavy atom. The summed E-state index contributed by atoms with van der Waals surface area (Å²) in [5.41, 5.74) is 2.26. The molecule has 0 aromatic rings. The van der Waals surface area contributed by atoms with E-state index in [1.807, 2.05) is 0 Å². The van der Waals surface area contributed by atoms with Crippen molar-refractivity contribution in [2.45, 2.75) is 13.5 Å². The summed E-state index contributed by atoms with van der Waals surface area (Å²) >= 11 is 0. The van der Waals surface area contributed by atoms with E-state index in [-0.39, 0.29) is 9.52 Å². The van der Waals surface area contributed by atoms with E-state index in [0.717, 1.165) is 0 Å². The molecule has 0 aromatic heterocycles. The zero-order valence-corrected chi connectivity index (χ0v) is 5.28. The fraction of sp³-hybridized carbons (Fsp3) is 0.500. The molecule has 0 spiro atoms. The van der Waals surface area contributed by atoms with Crippen LogP contribution in [0.25, 0.3) is 0 Å². The first-order valence-corrected chi connectivity index (χ1v) is 4.26. The van der Waals surface area contributed by atoms with Crippen molar-refractivity contribution < 1.29 is 0 Å². The largest absolute Gasteiger partial charge is 0.106 e. The van der Waals surface area contributed by atoms with Crippen LogP contribution in [0.5, 0.6) is 0 Å². The van der Waals surface area contributed by atoms with Gasteiger partial charge in [-0.2, -0.15) is 0 Å². The molecule has 0 N–H and O–H groups in total. The number of hydrogen-bond donors (Lipinski definition) is 0. The minimum atomic E-state index is 0.233. The Kier molecular flexibility index (Phi) is 3.92. The molecule has 30 valence electrons. The lowest BCUT2D eigenvalue weighted by Gasteiger charge is -1.63. The van der Waals surface area contributed by atoms with Crippen molar-refractivity contribution in [3.63, 3.8) is 0 Å². The lowest BCUT2D eigenvalue weighted by Crippen LogP contribution is -1.64. The summed E-state index contributed by atoms with van der Waals surface area (Å²) in [6.45, 7) is 4.33. The van der Waals surface area contributed by atoms with E-state index in [9.17, 15) is 0 Å². The third kappa shape index (κ3) is 3.96. The zero-order chi connectivity index (χ0) is 4.12. The summed E-state index contributed by atoms with van der Waals surface area (Å²) in [4.78, 5) is 0. The van der Waals surface area contributed by atoms with Crippen molar-refractivity contribution in [1.82, 2.24) is 0 Å². The smallest absolute Gasteiger partial charge is 0.0419 e. The van der Waals surface area contributed by atoms with Crippen LogP contribution >= 0.6 is 0 Å². The van der Waals surface area contributed by atoms with E-state index in [0.29, 0.717) is 0 Å². The highest BCUT2D eigenvalue weighted by atomic mass is 28.2. The third-order valence-electron chi connectivity index (χ3n) is 0.471. The third-order valence-corrected chi connectivity index (χ3v) is 1.41. The molecular formula is C4H10Si. The molecule has 0 unspecified atom stereocenters. The fourth-order valence-electron chi connectivity index (χ4n) is 0.236. The van der Waals surface area contributed by atoms with Gasteiger partial charge in [0.2, 0.25) is 0 Å². The van der Waals surface area contributed by atoms with Crippen molar-refractivity contribution in [3.05, 3.63) is 11.8 Å². The molecule has 0 radical (unpaired) electrons. The van der Waals surface area contributed by atoms with Gasteiger partial charge in [0.1, 0.15) is 0 Å². The Hall–Kier alpha value is -0.0431. The SMILES string of the molecule is C/C=C/[SiH2]C. The van der Waals surface area contributed by atoms with Crippen molar-refractivity contribution in [1.29, 1.82) is 0 Å². The monoisotopic (exact) mass is 86.1 g/mol. The van der Waals surface area contributed by atoms with Crippen LogP contribution in [-0.4, -0.2) is 9.52 Å². The maximum Gasteiger partial charge on any atom is 0.0419 e. The van der Waals surface area contributed by atoms with Gasteiger partial charge in [-0.05, 0) is 6.92 Å². The van der Waals surface area contributed by atoms with Gasteiger partial charge >= 0.3 is 0 Å². The summed E-state index contributed by atoms with van der Waals surface area (Å²) in [5.74, 6) is 0. The van der Waals surface area contributed by atoms with Gasteiger partial charge in [-0.15, -0.1) is 5.70 Å². The fourth-order valence-corrected chi connectivity index (χ4v) is 0.707. The number of rotatable bonds is 1. The normalized spacial score (nSPS) is 12.4. The van der Waals surface area contributed by atoms with Gasteiger partial charge in [-0.3, -0.25) is 0 Å². The summed E-state index contributed by atoms with van der Waals surface area (Å²) < 4.78 is 0.